The van der Waals surface area contributed by atoms with Crippen LogP contribution in [0.2, 0.25) is 0 Å². The lowest BCUT2D eigenvalue weighted by atomic mass is 9.90. The molecule has 23 heavy (non-hydrogen) atoms. The molecule has 122 valence electrons. The van der Waals surface area contributed by atoms with Crippen molar-refractivity contribution in [3.63, 3.8) is 0 Å². The summed E-state index contributed by atoms with van der Waals surface area (Å²) in [5.41, 5.74) is 1.48. The molecule has 4 nitrogen and oxygen atoms in total. The van der Waals surface area contributed by atoms with Crippen molar-refractivity contribution in [1.82, 2.24) is 4.72 Å². The van der Waals surface area contributed by atoms with Gasteiger partial charge in [0, 0.05) is 12.0 Å². The number of para-hydroxylation sites is 1. The summed E-state index contributed by atoms with van der Waals surface area (Å²) in [5, 5.41) is 0. The molecule has 0 bridgehead atoms. The van der Waals surface area contributed by atoms with E-state index in [4.69, 9.17) is 4.74 Å². The highest BCUT2D eigenvalue weighted by Gasteiger charge is 2.35. The molecule has 0 aliphatic carbocycles. The molecule has 1 aliphatic rings. The molecular weight excluding hydrogens is 310 g/mol. The Bertz CT molecular complexity index is 810. The summed E-state index contributed by atoms with van der Waals surface area (Å²) in [4.78, 5) is 0.282. The zero-order chi connectivity index (χ0) is 16.7. The summed E-state index contributed by atoms with van der Waals surface area (Å²) >= 11 is 0. The van der Waals surface area contributed by atoms with Crippen LogP contribution in [0.4, 0.5) is 0 Å². The van der Waals surface area contributed by atoms with Crippen LogP contribution in [0.1, 0.15) is 37.4 Å². The molecule has 0 amide bonds. The van der Waals surface area contributed by atoms with E-state index in [1.807, 2.05) is 45.0 Å². The summed E-state index contributed by atoms with van der Waals surface area (Å²) in [5.74, 6) is 0.736. The van der Waals surface area contributed by atoms with E-state index >= 15 is 0 Å². The Kier molecular flexibility index (Phi) is 3.94. The molecule has 0 fully saturated rings. The molecule has 0 aromatic heterocycles. The largest absolute Gasteiger partial charge is 0.487 e. The van der Waals surface area contributed by atoms with E-state index in [0.29, 0.717) is 6.42 Å². The quantitative estimate of drug-likeness (QED) is 0.935. The van der Waals surface area contributed by atoms with E-state index in [0.717, 1.165) is 16.9 Å². The highest BCUT2D eigenvalue weighted by molar-refractivity contribution is 7.89. The maximum Gasteiger partial charge on any atom is 0.241 e. The predicted octanol–water partition coefficient (Wildman–Crippen LogP) is 3.58. The maximum absolute atomic E-state index is 12.7. The van der Waals surface area contributed by atoms with Gasteiger partial charge >= 0.3 is 0 Å². The molecule has 0 saturated heterocycles. The number of sulfonamides is 1. The van der Waals surface area contributed by atoms with Crippen LogP contribution in [0, 0.1) is 6.92 Å². The van der Waals surface area contributed by atoms with Gasteiger partial charge in [-0.05, 0) is 39.0 Å². The second-order valence-corrected chi connectivity index (χ2v) is 8.30. The van der Waals surface area contributed by atoms with E-state index in [1.165, 1.54) is 0 Å². The fraction of sp³-hybridized carbons (Fsp3) is 0.333. The summed E-state index contributed by atoms with van der Waals surface area (Å²) in [6.07, 6.45) is 0.578. The van der Waals surface area contributed by atoms with Gasteiger partial charge in [-0.15, -0.1) is 0 Å². The van der Waals surface area contributed by atoms with E-state index in [9.17, 15) is 8.42 Å². The van der Waals surface area contributed by atoms with Gasteiger partial charge in [-0.1, -0.05) is 35.9 Å². The molecule has 0 radical (unpaired) electrons. The van der Waals surface area contributed by atoms with Crippen LogP contribution in [0.5, 0.6) is 5.75 Å². The number of benzene rings is 2. The van der Waals surface area contributed by atoms with Gasteiger partial charge in [-0.3, -0.25) is 0 Å². The second-order valence-electron chi connectivity index (χ2n) is 6.59. The number of hydrogen-bond donors (Lipinski definition) is 1. The van der Waals surface area contributed by atoms with Gasteiger partial charge < -0.3 is 4.74 Å². The van der Waals surface area contributed by atoms with Gasteiger partial charge in [-0.25, -0.2) is 13.1 Å². The van der Waals surface area contributed by atoms with Crippen molar-refractivity contribution in [1.29, 1.82) is 0 Å². The van der Waals surface area contributed by atoms with Crippen molar-refractivity contribution in [2.75, 3.05) is 0 Å². The molecule has 1 aliphatic heterocycles. The van der Waals surface area contributed by atoms with Gasteiger partial charge in [0.05, 0.1) is 10.9 Å². The van der Waals surface area contributed by atoms with Crippen LogP contribution in [0.15, 0.2) is 53.4 Å². The molecule has 0 saturated carbocycles. The number of nitrogens with one attached hydrogen (secondary N) is 1. The predicted molar refractivity (Wildman–Crippen MR) is 90.0 cm³/mol. The first-order valence-corrected chi connectivity index (χ1v) is 9.12. The van der Waals surface area contributed by atoms with Crippen molar-refractivity contribution < 1.29 is 13.2 Å². The number of rotatable bonds is 3. The molecule has 1 heterocycles. The minimum absolute atomic E-state index is 0.282. The maximum atomic E-state index is 12.7. The highest BCUT2D eigenvalue weighted by Crippen LogP contribution is 2.39. The first-order valence-electron chi connectivity index (χ1n) is 7.64. The zero-order valence-corrected chi connectivity index (χ0v) is 14.4. The summed E-state index contributed by atoms with van der Waals surface area (Å²) in [6.45, 7) is 5.87. The average Bonchev–Trinajstić information content (AvgIpc) is 2.46. The monoisotopic (exact) mass is 331 g/mol. The third-order valence-corrected chi connectivity index (χ3v) is 5.49. The fourth-order valence-corrected chi connectivity index (χ4v) is 4.10. The smallest absolute Gasteiger partial charge is 0.241 e. The van der Waals surface area contributed by atoms with Gasteiger partial charge in [0.15, 0.2) is 0 Å². The van der Waals surface area contributed by atoms with Crippen LogP contribution in [0.25, 0.3) is 0 Å². The van der Waals surface area contributed by atoms with Gasteiger partial charge in [0.25, 0.3) is 0 Å². The van der Waals surface area contributed by atoms with Gasteiger partial charge in [0.2, 0.25) is 10.0 Å². The summed E-state index contributed by atoms with van der Waals surface area (Å²) < 4.78 is 34.1. The Morgan fingerprint density at radius 2 is 1.74 bits per heavy atom. The fourth-order valence-electron chi connectivity index (χ4n) is 2.88. The molecule has 0 unspecified atom stereocenters. The average molecular weight is 331 g/mol. The molecule has 1 atom stereocenters. The first kappa shape index (κ1) is 16.0. The number of aryl methyl sites for hydroxylation is 1. The number of fused-ring (bicyclic) bond motifs is 1. The Morgan fingerprint density at radius 3 is 2.43 bits per heavy atom. The lowest BCUT2D eigenvalue weighted by Gasteiger charge is -2.37. The lowest BCUT2D eigenvalue weighted by Crippen LogP contribution is -2.41. The van der Waals surface area contributed by atoms with E-state index in [1.54, 1.807) is 24.3 Å². The van der Waals surface area contributed by atoms with Crippen LogP contribution in [-0.2, 0) is 10.0 Å². The molecule has 2 aromatic rings. The standard InChI is InChI=1S/C18H21NO3S/c1-13-8-10-14(11-9-13)23(20,21)19-16-12-18(2,3)22-17-7-5-4-6-15(16)17/h4-11,16,19H,12H2,1-3H3/t16-/m1/s1. The molecule has 5 heteroatoms. The van der Waals surface area contributed by atoms with Crippen molar-refractivity contribution in [2.24, 2.45) is 0 Å². The first-order chi connectivity index (χ1) is 10.8. The van der Waals surface area contributed by atoms with Crippen LogP contribution >= 0.6 is 0 Å². The topological polar surface area (TPSA) is 55.4 Å². The van der Waals surface area contributed by atoms with Crippen LogP contribution in [0.3, 0.4) is 0 Å². The molecule has 0 spiro atoms. The lowest BCUT2D eigenvalue weighted by molar-refractivity contribution is 0.0702. The Labute approximate surface area is 137 Å². The number of ether oxygens (including phenoxy) is 1. The van der Waals surface area contributed by atoms with Crippen molar-refractivity contribution in [3.05, 3.63) is 59.7 Å². The Hall–Kier alpha value is -1.85. The van der Waals surface area contributed by atoms with Crippen LogP contribution in [-0.4, -0.2) is 14.0 Å². The zero-order valence-electron chi connectivity index (χ0n) is 13.5. The number of hydrogen-bond acceptors (Lipinski definition) is 3. The van der Waals surface area contributed by atoms with Gasteiger partial charge in [0.1, 0.15) is 11.4 Å². The Balaban J connectivity index is 1.94. The third-order valence-electron chi connectivity index (χ3n) is 4.01. The van der Waals surface area contributed by atoms with Crippen molar-refractivity contribution in [3.8, 4) is 5.75 Å². The second kappa shape index (κ2) is 5.65. The third kappa shape index (κ3) is 3.41. The van der Waals surface area contributed by atoms with Crippen LogP contribution < -0.4 is 9.46 Å². The molecular formula is C18H21NO3S. The molecule has 1 N–H and O–H groups in total. The minimum atomic E-state index is -3.58. The Morgan fingerprint density at radius 1 is 1.09 bits per heavy atom. The SMILES string of the molecule is Cc1ccc(S(=O)(=O)N[C@@H]2CC(C)(C)Oc3ccccc32)cc1. The molecule has 2 aromatic carbocycles. The van der Waals surface area contributed by atoms with Crippen molar-refractivity contribution >= 4 is 10.0 Å². The highest BCUT2D eigenvalue weighted by atomic mass is 32.2. The van der Waals surface area contributed by atoms with Crippen molar-refractivity contribution in [2.45, 2.75) is 43.7 Å². The van der Waals surface area contributed by atoms with E-state index < -0.39 is 15.6 Å². The van der Waals surface area contributed by atoms with Gasteiger partial charge in [-0.2, -0.15) is 0 Å². The molecule has 3 rings (SSSR count). The normalized spacial score (nSPS) is 19.7. The van der Waals surface area contributed by atoms with E-state index in [-0.39, 0.29) is 10.9 Å². The summed E-state index contributed by atoms with van der Waals surface area (Å²) in [7, 11) is -3.58. The minimum Gasteiger partial charge on any atom is -0.487 e. The van der Waals surface area contributed by atoms with E-state index in [2.05, 4.69) is 4.72 Å². The summed E-state index contributed by atoms with van der Waals surface area (Å²) in [6, 6.07) is 14.1.